The number of nitrogens with one attached hydrogen (secondary N) is 2. The van der Waals surface area contributed by atoms with Crippen molar-refractivity contribution in [3.8, 4) is 0 Å². The maximum Gasteiger partial charge on any atom is 0.490 e. The second kappa shape index (κ2) is 10.3. The lowest BCUT2D eigenvalue weighted by atomic mass is 9.71. The first kappa shape index (κ1) is 27.2. The summed E-state index contributed by atoms with van der Waals surface area (Å²) < 4.78 is 35.3. The lowest BCUT2D eigenvalue weighted by Crippen LogP contribution is -2.45. The minimum absolute atomic E-state index is 0.115. The number of benzene rings is 1. The quantitative estimate of drug-likeness (QED) is 0.501. The molecular weight excluding hydrogens is 519 g/mol. The molecule has 4 aliphatic rings. The zero-order chi connectivity index (χ0) is 27.9. The molecule has 2 aromatic rings. The Balaban J connectivity index is 0.000000392. The normalized spacial score (nSPS) is 23.4. The van der Waals surface area contributed by atoms with Crippen molar-refractivity contribution in [1.82, 2.24) is 19.8 Å². The predicted molar refractivity (Wildman–Crippen MR) is 136 cm³/mol. The Morgan fingerprint density at radius 1 is 0.974 bits per heavy atom. The van der Waals surface area contributed by atoms with Gasteiger partial charge >= 0.3 is 17.8 Å². The second-order valence-electron chi connectivity index (χ2n) is 10.9. The molecule has 1 atom stereocenters. The number of halogens is 3. The number of nitrogens with zero attached hydrogens (tertiary/aromatic N) is 3. The predicted octanol–water partition coefficient (Wildman–Crippen LogP) is 2.72. The first-order chi connectivity index (χ1) is 18.5. The van der Waals surface area contributed by atoms with E-state index in [9.17, 15) is 27.6 Å². The SMILES string of the molecule is O=C(O)C(F)(F)F.O=C1CC[C@@H](n2c(=O)n(C3CC3)c3c(N4CCC5(CCNCC5)CC4)cccc32)C(=O)N1. The van der Waals surface area contributed by atoms with Gasteiger partial charge in [-0.25, -0.2) is 9.59 Å². The number of hydrogen-bond acceptors (Lipinski definition) is 6. The lowest BCUT2D eigenvalue weighted by molar-refractivity contribution is -0.192. The van der Waals surface area contributed by atoms with Gasteiger partial charge in [-0.1, -0.05) is 6.07 Å². The van der Waals surface area contributed by atoms with Crippen LogP contribution in [0.4, 0.5) is 18.9 Å². The van der Waals surface area contributed by atoms with E-state index in [0.29, 0.717) is 11.8 Å². The van der Waals surface area contributed by atoms with Gasteiger partial charge in [0.2, 0.25) is 11.8 Å². The molecule has 4 heterocycles. The van der Waals surface area contributed by atoms with Gasteiger partial charge < -0.3 is 15.3 Å². The number of carboxylic acids is 1. The first-order valence-electron chi connectivity index (χ1n) is 13.4. The van der Waals surface area contributed by atoms with E-state index in [0.717, 1.165) is 55.7 Å². The van der Waals surface area contributed by atoms with Crippen molar-refractivity contribution in [3.05, 3.63) is 28.7 Å². The number of fused-ring (bicyclic) bond motifs is 1. The fourth-order valence-corrected chi connectivity index (χ4v) is 6.11. The summed E-state index contributed by atoms with van der Waals surface area (Å²) >= 11 is 0. The van der Waals surface area contributed by atoms with Gasteiger partial charge in [0.25, 0.3) is 0 Å². The number of para-hydroxylation sites is 1. The van der Waals surface area contributed by atoms with E-state index in [1.807, 2.05) is 16.7 Å². The number of anilines is 1. The van der Waals surface area contributed by atoms with Crippen LogP contribution in [0, 0.1) is 5.41 Å². The number of carbonyl (C=O) groups excluding carboxylic acids is 2. The Morgan fingerprint density at radius 2 is 1.62 bits per heavy atom. The van der Waals surface area contributed by atoms with Crippen molar-refractivity contribution < 1.29 is 32.7 Å². The molecule has 6 rings (SSSR count). The van der Waals surface area contributed by atoms with Crippen LogP contribution in [0.15, 0.2) is 23.0 Å². The Kier molecular flexibility index (Phi) is 7.21. The van der Waals surface area contributed by atoms with Crippen LogP contribution in [-0.4, -0.2) is 64.4 Å². The highest BCUT2D eigenvalue weighted by Gasteiger charge is 2.39. The van der Waals surface area contributed by atoms with E-state index in [1.165, 1.54) is 25.7 Å². The summed E-state index contributed by atoms with van der Waals surface area (Å²) in [4.78, 5) is 49.3. The van der Waals surface area contributed by atoms with Crippen LogP contribution in [0.5, 0.6) is 0 Å². The minimum atomic E-state index is -5.08. The Labute approximate surface area is 222 Å². The van der Waals surface area contributed by atoms with Gasteiger partial charge in [-0.15, -0.1) is 0 Å². The maximum absolute atomic E-state index is 13.6. The molecule has 3 aliphatic heterocycles. The van der Waals surface area contributed by atoms with Crippen LogP contribution >= 0.6 is 0 Å². The average Bonchev–Trinajstić information content (AvgIpc) is 3.68. The molecule has 13 heteroatoms. The van der Waals surface area contributed by atoms with Gasteiger partial charge in [-0.2, -0.15) is 13.2 Å². The topological polar surface area (TPSA) is 126 Å². The molecule has 0 unspecified atom stereocenters. The highest BCUT2D eigenvalue weighted by molar-refractivity contribution is 6.00. The smallest absolute Gasteiger partial charge is 0.475 e. The van der Waals surface area contributed by atoms with E-state index in [1.54, 1.807) is 4.57 Å². The van der Waals surface area contributed by atoms with E-state index < -0.39 is 18.2 Å². The molecule has 1 saturated carbocycles. The van der Waals surface area contributed by atoms with Crippen molar-refractivity contribution in [1.29, 1.82) is 0 Å². The number of amides is 2. The van der Waals surface area contributed by atoms with E-state index in [4.69, 9.17) is 9.90 Å². The zero-order valence-corrected chi connectivity index (χ0v) is 21.4. The van der Waals surface area contributed by atoms with Gasteiger partial charge in [0.1, 0.15) is 6.04 Å². The summed E-state index contributed by atoms with van der Waals surface area (Å²) in [5.41, 5.74) is 3.24. The number of imide groups is 1. The van der Waals surface area contributed by atoms with Crippen molar-refractivity contribution >= 4 is 34.5 Å². The summed E-state index contributed by atoms with van der Waals surface area (Å²) in [7, 11) is 0. The van der Waals surface area contributed by atoms with E-state index in [2.05, 4.69) is 21.6 Å². The summed E-state index contributed by atoms with van der Waals surface area (Å²) in [6.45, 7) is 4.24. The third-order valence-electron chi connectivity index (χ3n) is 8.41. The molecule has 1 aliphatic carbocycles. The summed E-state index contributed by atoms with van der Waals surface area (Å²) in [5.74, 6) is -3.38. The van der Waals surface area contributed by atoms with Crippen molar-refractivity contribution in [3.63, 3.8) is 0 Å². The van der Waals surface area contributed by atoms with Crippen LogP contribution in [0.3, 0.4) is 0 Å². The number of carboxylic acid groups (broad SMARTS) is 1. The molecule has 3 N–H and O–H groups in total. The Morgan fingerprint density at radius 3 is 2.18 bits per heavy atom. The fraction of sp³-hybridized carbons (Fsp3) is 0.615. The van der Waals surface area contributed by atoms with Gasteiger partial charge in [-0.05, 0) is 75.6 Å². The molecule has 10 nitrogen and oxygen atoms in total. The number of piperidine rings is 3. The number of imidazole rings is 1. The van der Waals surface area contributed by atoms with Gasteiger partial charge in [0.15, 0.2) is 0 Å². The standard InChI is InChI=1S/C24H31N5O3.C2HF3O2/c30-20-7-6-19(22(31)26-20)29-18-3-1-2-17(21(18)28(23(29)32)16-4-5-16)27-14-10-24(11-15-27)8-12-25-13-9-24;3-2(4,5)1(6)7/h1-3,16,19,25H,4-15H2,(H,26,30,31);(H,6,7)/t19-;/m1./s1. The Bertz CT molecular complexity index is 1330. The molecule has 2 amide bonds. The van der Waals surface area contributed by atoms with E-state index in [-0.39, 0.29) is 30.0 Å². The van der Waals surface area contributed by atoms with Gasteiger partial charge in [0.05, 0.1) is 16.7 Å². The molecule has 1 aromatic carbocycles. The fourth-order valence-electron chi connectivity index (χ4n) is 6.11. The molecule has 212 valence electrons. The van der Waals surface area contributed by atoms with Crippen LogP contribution in [-0.2, 0) is 14.4 Å². The molecule has 0 radical (unpaired) electrons. The lowest BCUT2D eigenvalue weighted by Gasteiger charge is -2.45. The zero-order valence-electron chi connectivity index (χ0n) is 21.4. The third kappa shape index (κ3) is 5.41. The third-order valence-corrected chi connectivity index (χ3v) is 8.41. The second-order valence-corrected chi connectivity index (χ2v) is 10.9. The summed E-state index contributed by atoms with van der Waals surface area (Å²) in [6.07, 6.45) is 2.44. The van der Waals surface area contributed by atoms with Gasteiger partial charge in [0, 0.05) is 25.6 Å². The molecule has 4 fully saturated rings. The summed E-state index contributed by atoms with van der Waals surface area (Å²) in [6, 6.07) is 5.68. The molecule has 39 heavy (non-hydrogen) atoms. The highest BCUT2D eigenvalue weighted by atomic mass is 19.4. The monoisotopic (exact) mass is 551 g/mol. The molecule has 3 saturated heterocycles. The number of rotatable bonds is 3. The van der Waals surface area contributed by atoms with Crippen molar-refractivity contribution in [2.75, 3.05) is 31.1 Å². The van der Waals surface area contributed by atoms with Crippen LogP contribution in [0.2, 0.25) is 0 Å². The number of aromatic nitrogens is 2. The molecule has 1 spiro atoms. The van der Waals surface area contributed by atoms with Crippen molar-refractivity contribution in [2.45, 2.75) is 69.6 Å². The maximum atomic E-state index is 13.6. The number of hydrogen-bond donors (Lipinski definition) is 3. The molecule has 0 bridgehead atoms. The average molecular weight is 552 g/mol. The van der Waals surface area contributed by atoms with Crippen LogP contribution in [0.25, 0.3) is 11.0 Å². The number of carbonyl (C=O) groups is 3. The largest absolute Gasteiger partial charge is 0.490 e. The number of aliphatic carboxylic acids is 1. The van der Waals surface area contributed by atoms with Crippen LogP contribution < -0.4 is 21.2 Å². The number of alkyl halides is 3. The first-order valence-corrected chi connectivity index (χ1v) is 13.4. The molecule has 1 aromatic heterocycles. The summed E-state index contributed by atoms with van der Waals surface area (Å²) in [5, 5.41) is 13.0. The Hall–Kier alpha value is -3.35. The van der Waals surface area contributed by atoms with E-state index >= 15 is 0 Å². The molecular formula is C26H32F3N5O5. The van der Waals surface area contributed by atoms with Crippen LogP contribution in [0.1, 0.15) is 63.5 Å². The van der Waals surface area contributed by atoms with Gasteiger partial charge in [-0.3, -0.25) is 24.0 Å². The highest BCUT2D eigenvalue weighted by Crippen LogP contribution is 2.43. The van der Waals surface area contributed by atoms with Crippen molar-refractivity contribution in [2.24, 2.45) is 5.41 Å². The minimum Gasteiger partial charge on any atom is -0.475 e.